The molecular weight excluding hydrogens is 355 g/mol. The lowest BCUT2D eigenvalue weighted by Crippen LogP contribution is -2.42. The van der Waals surface area contributed by atoms with Crippen molar-refractivity contribution in [2.24, 2.45) is 0 Å². The van der Waals surface area contributed by atoms with E-state index in [1.807, 2.05) is 0 Å². The minimum atomic E-state index is -4.54. The number of rotatable bonds is 2. The number of alkyl halides is 3. The lowest BCUT2D eigenvalue weighted by molar-refractivity contribution is -0.138. The van der Waals surface area contributed by atoms with Gasteiger partial charge in [0.25, 0.3) is 0 Å². The van der Waals surface area contributed by atoms with Crippen molar-refractivity contribution in [3.05, 3.63) is 64.7 Å². The van der Waals surface area contributed by atoms with Crippen molar-refractivity contribution < 1.29 is 22.8 Å². The van der Waals surface area contributed by atoms with Crippen molar-refractivity contribution in [2.75, 3.05) is 4.90 Å². The van der Waals surface area contributed by atoms with Crippen molar-refractivity contribution in [3.63, 3.8) is 0 Å². The Kier molecular flexibility index (Phi) is 4.56. The molecular formula is C18H13ClF3NO2. The number of anilines is 1. The van der Waals surface area contributed by atoms with Crippen LogP contribution in [0.5, 0.6) is 0 Å². The van der Waals surface area contributed by atoms with E-state index >= 15 is 0 Å². The fraction of sp³-hybridized carbons (Fsp3) is 0.222. The van der Waals surface area contributed by atoms with Gasteiger partial charge in [0.2, 0.25) is 11.8 Å². The van der Waals surface area contributed by atoms with Crippen LogP contribution in [0.4, 0.5) is 18.9 Å². The first-order chi connectivity index (χ1) is 11.8. The summed E-state index contributed by atoms with van der Waals surface area (Å²) in [4.78, 5) is 25.7. The first kappa shape index (κ1) is 17.5. The molecule has 0 unspecified atom stereocenters. The second-order valence-corrected chi connectivity index (χ2v) is 6.26. The Morgan fingerprint density at radius 2 is 1.56 bits per heavy atom. The van der Waals surface area contributed by atoms with Gasteiger partial charge in [-0.1, -0.05) is 29.8 Å². The summed E-state index contributed by atoms with van der Waals surface area (Å²) in [5, 5.41) is 0.544. The fourth-order valence-corrected chi connectivity index (χ4v) is 3.02. The van der Waals surface area contributed by atoms with Crippen molar-refractivity contribution in [1.29, 1.82) is 0 Å². The minimum Gasteiger partial charge on any atom is -0.274 e. The van der Waals surface area contributed by atoms with Crippen LogP contribution in [0.1, 0.15) is 29.9 Å². The van der Waals surface area contributed by atoms with E-state index in [-0.39, 0.29) is 24.4 Å². The molecule has 25 heavy (non-hydrogen) atoms. The van der Waals surface area contributed by atoms with Gasteiger partial charge in [-0.2, -0.15) is 13.2 Å². The molecule has 0 N–H and O–H groups in total. The van der Waals surface area contributed by atoms with E-state index in [1.54, 1.807) is 24.3 Å². The molecule has 0 saturated carbocycles. The maximum Gasteiger partial charge on any atom is 0.416 e. The van der Waals surface area contributed by atoms with E-state index < -0.39 is 23.6 Å². The molecule has 0 atom stereocenters. The molecule has 0 bridgehead atoms. The highest BCUT2D eigenvalue weighted by Crippen LogP contribution is 2.35. The van der Waals surface area contributed by atoms with E-state index in [0.29, 0.717) is 5.02 Å². The molecule has 2 aromatic rings. The van der Waals surface area contributed by atoms with Gasteiger partial charge in [0.05, 0.1) is 11.3 Å². The van der Waals surface area contributed by atoms with Gasteiger partial charge >= 0.3 is 6.18 Å². The van der Waals surface area contributed by atoms with Gasteiger partial charge in [0.15, 0.2) is 0 Å². The Morgan fingerprint density at radius 3 is 2.12 bits per heavy atom. The molecule has 2 amide bonds. The second kappa shape index (κ2) is 6.52. The van der Waals surface area contributed by atoms with Crippen molar-refractivity contribution in [1.82, 2.24) is 0 Å². The molecule has 1 aliphatic heterocycles. The predicted molar refractivity (Wildman–Crippen MR) is 87.4 cm³/mol. The molecule has 1 saturated heterocycles. The standard InChI is InChI=1S/C18H13ClF3NO2/c19-14-6-4-11(5-7-14)12-8-16(24)23(17(25)9-12)15-3-1-2-13(10-15)18(20,21)22/h1-7,10,12H,8-9H2. The Hall–Kier alpha value is -2.34. The highest BCUT2D eigenvalue weighted by molar-refractivity contribution is 6.30. The predicted octanol–water partition coefficient (Wildman–Crippen LogP) is 4.80. The van der Waals surface area contributed by atoms with E-state index in [1.165, 1.54) is 12.1 Å². The van der Waals surface area contributed by atoms with Gasteiger partial charge in [-0.05, 0) is 35.9 Å². The maximum absolute atomic E-state index is 12.8. The fourth-order valence-electron chi connectivity index (χ4n) is 2.90. The third-order valence-electron chi connectivity index (χ3n) is 4.11. The number of hydrogen-bond donors (Lipinski definition) is 0. The number of carbonyl (C=O) groups excluding carboxylic acids is 2. The molecule has 0 aromatic heterocycles. The van der Waals surface area contributed by atoms with Crippen LogP contribution >= 0.6 is 11.6 Å². The van der Waals surface area contributed by atoms with Crippen LogP contribution in [0.3, 0.4) is 0 Å². The van der Waals surface area contributed by atoms with Crippen LogP contribution in [0.15, 0.2) is 48.5 Å². The van der Waals surface area contributed by atoms with Gasteiger partial charge in [-0.25, -0.2) is 0 Å². The maximum atomic E-state index is 12.8. The topological polar surface area (TPSA) is 37.4 Å². The average Bonchev–Trinajstić information content (AvgIpc) is 2.54. The van der Waals surface area contributed by atoms with E-state index in [2.05, 4.69) is 0 Å². The summed E-state index contributed by atoms with van der Waals surface area (Å²) in [6.07, 6.45) is -4.45. The summed E-state index contributed by atoms with van der Waals surface area (Å²) >= 11 is 5.83. The number of halogens is 4. The van der Waals surface area contributed by atoms with E-state index in [9.17, 15) is 22.8 Å². The van der Waals surface area contributed by atoms with Crippen molar-refractivity contribution in [2.45, 2.75) is 24.9 Å². The smallest absolute Gasteiger partial charge is 0.274 e. The van der Waals surface area contributed by atoms with Gasteiger partial charge in [-0.3, -0.25) is 14.5 Å². The lowest BCUT2D eigenvalue weighted by atomic mass is 9.88. The van der Waals surface area contributed by atoms with Gasteiger partial charge in [0.1, 0.15) is 0 Å². The first-order valence-electron chi connectivity index (χ1n) is 7.54. The van der Waals surface area contributed by atoms with Crippen LogP contribution in [0.2, 0.25) is 5.02 Å². The number of carbonyl (C=O) groups is 2. The average molecular weight is 368 g/mol. The van der Waals surface area contributed by atoms with Gasteiger partial charge < -0.3 is 0 Å². The number of nitrogens with zero attached hydrogens (tertiary/aromatic N) is 1. The Bertz CT molecular complexity index is 800. The minimum absolute atomic E-state index is 0.0453. The molecule has 1 aliphatic rings. The van der Waals surface area contributed by atoms with Crippen molar-refractivity contribution >= 4 is 29.1 Å². The van der Waals surface area contributed by atoms with Gasteiger partial charge in [-0.15, -0.1) is 0 Å². The third kappa shape index (κ3) is 3.69. The molecule has 2 aromatic carbocycles. The quantitative estimate of drug-likeness (QED) is 0.715. The highest BCUT2D eigenvalue weighted by Gasteiger charge is 2.36. The zero-order valence-corrected chi connectivity index (χ0v) is 13.6. The normalized spacial score (nSPS) is 16.4. The van der Waals surface area contributed by atoms with E-state index in [4.69, 9.17) is 11.6 Å². The summed E-state index contributed by atoms with van der Waals surface area (Å²) in [6, 6.07) is 11.1. The molecule has 3 rings (SSSR count). The zero-order chi connectivity index (χ0) is 18.2. The van der Waals surface area contributed by atoms with Gasteiger partial charge in [0, 0.05) is 23.8 Å². The summed E-state index contributed by atoms with van der Waals surface area (Å²) in [7, 11) is 0. The largest absolute Gasteiger partial charge is 0.416 e. The number of amides is 2. The third-order valence-corrected chi connectivity index (χ3v) is 4.37. The summed E-state index contributed by atoms with van der Waals surface area (Å²) in [5.41, 5.74) is -0.153. The number of hydrogen-bond acceptors (Lipinski definition) is 2. The molecule has 0 spiro atoms. The Labute approximate surface area is 147 Å². The number of imide groups is 1. The number of piperidine rings is 1. The lowest BCUT2D eigenvalue weighted by Gasteiger charge is -2.30. The SMILES string of the molecule is O=C1CC(c2ccc(Cl)cc2)CC(=O)N1c1cccc(C(F)(F)F)c1. The van der Waals surface area contributed by atoms with Crippen LogP contribution in [0.25, 0.3) is 0 Å². The van der Waals surface area contributed by atoms with Crippen LogP contribution in [-0.4, -0.2) is 11.8 Å². The summed E-state index contributed by atoms with van der Waals surface area (Å²) < 4.78 is 38.5. The molecule has 7 heteroatoms. The molecule has 1 fully saturated rings. The number of benzene rings is 2. The van der Waals surface area contributed by atoms with E-state index in [0.717, 1.165) is 22.6 Å². The van der Waals surface area contributed by atoms with Crippen LogP contribution in [0, 0.1) is 0 Å². The molecule has 0 radical (unpaired) electrons. The first-order valence-corrected chi connectivity index (χ1v) is 7.92. The molecule has 0 aliphatic carbocycles. The zero-order valence-electron chi connectivity index (χ0n) is 12.9. The molecule has 3 nitrogen and oxygen atoms in total. The second-order valence-electron chi connectivity index (χ2n) is 5.83. The summed E-state index contributed by atoms with van der Waals surface area (Å²) in [5.74, 6) is -1.34. The van der Waals surface area contributed by atoms with Crippen molar-refractivity contribution in [3.8, 4) is 0 Å². The van der Waals surface area contributed by atoms with Crippen LogP contribution in [-0.2, 0) is 15.8 Å². The summed E-state index contributed by atoms with van der Waals surface area (Å²) in [6.45, 7) is 0. The highest BCUT2D eigenvalue weighted by atomic mass is 35.5. The monoisotopic (exact) mass is 367 g/mol. The Morgan fingerprint density at radius 1 is 0.960 bits per heavy atom. The van der Waals surface area contributed by atoms with Crippen LogP contribution < -0.4 is 4.90 Å². The molecule has 1 heterocycles. The molecule has 130 valence electrons. The Balaban J connectivity index is 1.85.